The summed E-state index contributed by atoms with van der Waals surface area (Å²) >= 11 is 0. The van der Waals surface area contributed by atoms with E-state index in [9.17, 15) is 4.79 Å². The van der Waals surface area contributed by atoms with Gasteiger partial charge >= 0.3 is 0 Å². The van der Waals surface area contributed by atoms with Crippen LogP contribution in [0.25, 0.3) is 17.5 Å². The minimum absolute atomic E-state index is 0.175. The predicted octanol–water partition coefficient (Wildman–Crippen LogP) is 4.30. The monoisotopic (exact) mass is 348 g/mol. The second-order valence-corrected chi connectivity index (χ2v) is 5.71. The van der Waals surface area contributed by atoms with Gasteiger partial charge in [-0.3, -0.25) is 4.79 Å². The Morgan fingerprint density at radius 1 is 1.04 bits per heavy atom. The van der Waals surface area contributed by atoms with Gasteiger partial charge in [0, 0.05) is 16.8 Å². The van der Waals surface area contributed by atoms with Crippen molar-refractivity contribution in [3.63, 3.8) is 0 Å². The number of methoxy groups -OCH3 is 2. The fourth-order valence-electron chi connectivity index (χ4n) is 2.72. The smallest absolute Gasteiger partial charge is 0.206 e. The fourth-order valence-corrected chi connectivity index (χ4v) is 2.72. The third-order valence-corrected chi connectivity index (χ3v) is 4.01. The van der Waals surface area contributed by atoms with Gasteiger partial charge in [-0.1, -0.05) is 42.5 Å². The summed E-state index contributed by atoms with van der Waals surface area (Å²) in [5.74, 6) is 1.71. The number of hydrogen-bond donors (Lipinski definition) is 1. The molecule has 0 radical (unpaired) electrons. The van der Waals surface area contributed by atoms with Gasteiger partial charge in [-0.2, -0.15) is 0 Å². The van der Waals surface area contributed by atoms with Gasteiger partial charge in [0.25, 0.3) is 0 Å². The predicted molar refractivity (Wildman–Crippen MR) is 102 cm³/mol. The molecule has 5 nitrogen and oxygen atoms in total. The Bertz CT molecular complexity index is 943. The number of para-hydroxylation sites is 1. The molecule has 3 rings (SSSR count). The number of aromatic nitrogens is 2. The summed E-state index contributed by atoms with van der Waals surface area (Å²) in [6.07, 6.45) is 3.20. The molecule has 132 valence electrons. The lowest BCUT2D eigenvalue weighted by Gasteiger charge is -2.09. The first-order valence-corrected chi connectivity index (χ1v) is 8.19. The molecule has 0 amide bonds. The lowest BCUT2D eigenvalue weighted by Crippen LogP contribution is -1.98. The van der Waals surface area contributed by atoms with E-state index in [1.807, 2.05) is 55.5 Å². The molecule has 0 aliphatic rings. The molecule has 26 heavy (non-hydrogen) atoms. The largest absolute Gasteiger partial charge is 0.493 e. The van der Waals surface area contributed by atoms with Crippen LogP contribution in [0.15, 0.2) is 54.6 Å². The van der Waals surface area contributed by atoms with Gasteiger partial charge in [-0.05, 0) is 25.1 Å². The van der Waals surface area contributed by atoms with E-state index in [-0.39, 0.29) is 5.78 Å². The molecular weight excluding hydrogens is 328 g/mol. The van der Waals surface area contributed by atoms with Crippen LogP contribution in [0.2, 0.25) is 0 Å². The van der Waals surface area contributed by atoms with Crippen LogP contribution >= 0.6 is 0 Å². The second-order valence-electron chi connectivity index (χ2n) is 5.71. The van der Waals surface area contributed by atoms with E-state index in [0.717, 1.165) is 16.8 Å². The number of nitrogens with one attached hydrogen (secondary N) is 1. The third-order valence-electron chi connectivity index (χ3n) is 4.01. The van der Waals surface area contributed by atoms with Crippen molar-refractivity contribution in [2.24, 2.45) is 0 Å². The Kier molecular flexibility index (Phi) is 5.17. The van der Waals surface area contributed by atoms with Gasteiger partial charge in [0.15, 0.2) is 11.5 Å². The van der Waals surface area contributed by atoms with Crippen LogP contribution in [0, 0.1) is 6.92 Å². The van der Waals surface area contributed by atoms with Crippen LogP contribution in [0.5, 0.6) is 11.5 Å². The summed E-state index contributed by atoms with van der Waals surface area (Å²) < 4.78 is 10.7. The maximum absolute atomic E-state index is 12.6. The highest BCUT2D eigenvalue weighted by molar-refractivity contribution is 6.06. The number of rotatable bonds is 6. The van der Waals surface area contributed by atoms with Crippen LogP contribution in [0.3, 0.4) is 0 Å². The van der Waals surface area contributed by atoms with Crippen molar-refractivity contribution in [2.75, 3.05) is 14.2 Å². The zero-order chi connectivity index (χ0) is 18.5. The normalized spacial score (nSPS) is 10.9. The standard InChI is InChI=1S/C21H20N2O3/c1-14-19(23-21(22-14)16-8-5-4-6-9-16)17(24)13-12-15-10-7-11-18(25-2)20(15)26-3/h4-13H,1-3H3,(H,22,23)/b13-12+. The van der Waals surface area contributed by atoms with E-state index >= 15 is 0 Å². The van der Waals surface area contributed by atoms with Crippen molar-refractivity contribution in [3.05, 3.63) is 71.6 Å². The summed E-state index contributed by atoms with van der Waals surface area (Å²) in [6.45, 7) is 1.84. The van der Waals surface area contributed by atoms with Crippen LogP contribution in [0.1, 0.15) is 21.7 Å². The summed E-state index contributed by atoms with van der Waals surface area (Å²) in [5.41, 5.74) is 2.84. The highest BCUT2D eigenvalue weighted by Crippen LogP contribution is 2.31. The number of ether oxygens (including phenoxy) is 2. The lowest BCUT2D eigenvalue weighted by molar-refractivity contribution is 0.104. The minimum atomic E-state index is -0.175. The van der Waals surface area contributed by atoms with Crippen molar-refractivity contribution in [1.82, 2.24) is 9.97 Å². The van der Waals surface area contributed by atoms with E-state index < -0.39 is 0 Å². The first-order valence-electron chi connectivity index (χ1n) is 8.19. The number of aryl methyl sites for hydroxylation is 1. The maximum atomic E-state index is 12.6. The number of benzene rings is 2. The Balaban J connectivity index is 1.87. The Hall–Kier alpha value is -3.34. The quantitative estimate of drug-likeness (QED) is 0.533. The van der Waals surface area contributed by atoms with Gasteiger partial charge < -0.3 is 14.5 Å². The molecule has 5 heteroatoms. The summed E-state index contributed by atoms with van der Waals surface area (Å²) in [5, 5.41) is 0. The first-order chi connectivity index (χ1) is 12.6. The van der Waals surface area contributed by atoms with Crippen molar-refractivity contribution < 1.29 is 14.3 Å². The molecule has 0 aliphatic heterocycles. The zero-order valence-corrected chi connectivity index (χ0v) is 14.9. The molecule has 1 aromatic heterocycles. The van der Waals surface area contributed by atoms with E-state index in [4.69, 9.17) is 9.47 Å². The summed E-state index contributed by atoms with van der Waals surface area (Å²) in [7, 11) is 3.15. The van der Waals surface area contributed by atoms with Gasteiger partial charge in [0.05, 0.1) is 14.2 Å². The average Bonchev–Trinajstić information content (AvgIpc) is 3.08. The molecule has 0 bridgehead atoms. The zero-order valence-electron chi connectivity index (χ0n) is 14.9. The number of imidazole rings is 1. The SMILES string of the molecule is COc1cccc(/C=C/C(=O)c2nc(-c3ccccc3)[nH]c2C)c1OC. The Morgan fingerprint density at radius 3 is 2.50 bits per heavy atom. The summed E-state index contributed by atoms with van der Waals surface area (Å²) in [4.78, 5) is 20.2. The van der Waals surface area contributed by atoms with Crippen LogP contribution in [0.4, 0.5) is 0 Å². The van der Waals surface area contributed by atoms with Crippen LogP contribution < -0.4 is 9.47 Å². The Morgan fingerprint density at radius 2 is 1.81 bits per heavy atom. The van der Waals surface area contributed by atoms with Crippen molar-refractivity contribution in [2.45, 2.75) is 6.92 Å². The molecule has 0 spiro atoms. The van der Waals surface area contributed by atoms with Crippen molar-refractivity contribution >= 4 is 11.9 Å². The van der Waals surface area contributed by atoms with Crippen LogP contribution in [-0.4, -0.2) is 30.0 Å². The van der Waals surface area contributed by atoms with E-state index in [2.05, 4.69) is 9.97 Å². The summed E-state index contributed by atoms with van der Waals surface area (Å²) in [6, 6.07) is 15.2. The number of hydrogen-bond acceptors (Lipinski definition) is 4. The first kappa shape index (κ1) is 17.5. The average molecular weight is 348 g/mol. The lowest BCUT2D eigenvalue weighted by atomic mass is 10.1. The minimum Gasteiger partial charge on any atom is -0.493 e. The van der Waals surface area contributed by atoms with E-state index in [1.54, 1.807) is 20.3 Å². The molecule has 1 N–H and O–H groups in total. The van der Waals surface area contributed by atoms with Crippen LogP contribution in [-0.2, 0) is 0 Å². The van der Waals surface area contributed by atoms with E-state index in [0.29, 0.717) is 23.0 Å². The highest BCUT2D eigenvalue weighted by Gasteiger charge is 2.14. The molecule has 0 atom stereocenters. The molecule has 0 saturated carbocycles. The number of H-pyrrole nitrogens is 1. The molecule has 0 unspecified atom stereocenters. The number of carbonyl (C=O) groups is 1. The third kappa shape index (κ3) is 3.52. The van der Waals surface area contributed by atoms with Gasteiger partial charge in [0.2, 0.25) is 5.78 Å². The molecule has 2 aromatic carbocycles. The molecule has 3 aromatic rings. The molecular formula is C21H20N2O3. The number of carbonyl (C=O) groups excluding carboxylic acids is 1. The highest BCUT2D eigenvalue weighted by atomic mass is 16.5. The molecule has 0 aliphatic carbocycles. The van der Waals surface area contributed by atoms with Gasteiger partial charge in [0.1, 0.15) is 11.5 Å². The van der Waals surface area contributed by atoms with Gasteiger partial charge in [-0.25, -0.2) is 4.98 Å². The van der Waals surface area contributed by atoms with Gasteiger partial charge in [-0.15, -0.1) is 0 Å². The maximum Gasteiger partial charge on any atom is 0.206 e. The number of ketones is 1. The molecule has 1 heterocycles. The molecule has 0 saturated heterocycles. The van der Waals surface area contributed by atoms with Crippen molar-refractivity contribution in [3.8, 4) is 22.9 Å². The number of allylic oxidation sites excluding steroid dienone is 1. The second kappa shape index (κ2) is 7.70. The fraction of sp³-hybridized carbons (Fsp3) is 0.143. The van der Waals surface area contributed by atoms with E-state index in [1.165, 1.54) is 6.08 Å². The number of aromatic amines is 1. The molecule has 0 fully saturated rings. The van der Waals surface area contributed by atoms with Crippen molar-refractivity contribution in [1.29, 1.82) is 0 Å². The number of nitrogens with zero attached hydrogens (tertiary/aromatic N) is 1. The Labute approximate surface area is 152 Å². The topological polar surface area (TPSA) is 64.2 Å².